The van der Waals surface area contributed by atoms with Crippen LogP contribution >= 0.6 is 0 Å². The molecule has 8 heteroatoms. The van der Waals surface area contributed by atoms with E-state index in [9.17, 15) is 4.79 Å². The summed E-state index contributed by atoms with van der Waals surface area (Å²) in [5.74, 6) is 1.52. The standard InChI is InChI=1S/C17H25N5O3/c1-5-12(17(23)25-6-2)14-20-13-15(21(14)4)18-11(3)19-16(13)22-7-9-24-10-8-22/h12H,5-10H2,1-4H3. The summed E-state index contributed by atoms with van der Waals surface area (Å²) in [6.07, 6.45) is 0.620. The smallest absolute Gasteiger partial charge is 0.316 e. The van der Waals surface area contributed by atoms with Gasteiger partial charge in [0.25, 0.3) is 0 Å². The maximum absolute atomic E-state index is 12.3. The first kappa shape index (κ1) is 17.6. The first-order valence-corrected chi connectivity index (χ1v) is 8.77. The van der Waals surface area contributed by atoms with Gasteiger partial charge in [-0.05, 0) is 20.3 Å². The molecule has 0 spiro atoms. The summed E-state index contributed by atoms with van der Waals surface area (Å²) in [5, 5.41) is 0. The molecule has 0 aromatic carbocycles. The molecular weight excluding hydrogens is 322 g/mol. The summed E-state index contributed by atoms with van der Waals surface area (Å²) >= 11 is 0. The predicted octanol–water partition coefficient (Wildman–Crippen LogP) is 1.57. The second kappa shape index (κ2) is 7.35. The number of esters is 1. The molecule has 1 atom stereocenters. The minimum Gasteiger partial charge on any atom is -0.465 e. The number of aryl methyl sites for hydroxylation is 2. The summed E-state index contributed by atoms with van der Waals surface area (Å²) in [4.78, 5) is 28.4. The Labute approximate surface area is 147 Å². The topological polar surface area (TPSA) is 82.4 Å². The lowest BCUT2D eigenvalue weighted by Gasteiger charge is -2.27. The van der Waals surface area contributed by atoms with Crippen molar-refractivity contribution in [3.63, 3.8) is 0 Å². The van der Waals surface area contributed by atoms with Crippen LogP contribution in [0.25, 0.3) is 11.2 Å². The molecule has 3 heterocycles. The van der Waals surface area contributed by atoms with Crippen LogP contribution in [-0.2, 0) is 21.3 Å². The lowest BCUT2D eigenvalue weighted by Crippen LogP contribution is -2.37. The van der Waals surface area contributed by atoms with E-state index >= 15 is 0 Å². The molecule has 0 N–H and O–H groups in total. The highest BCUT2D eigenvalue weighted by Crippen LogP contribution is 2.29. The Morgan fingerprint density at radius 2 is 1.96 bits per heavy atom. The minimum absolute atomic E-state index is 0.249. The molecule has 1 fully saturated rings. The van der Waals surface area contributed by atoms with Crippen LogP contribution in [0.4, 0.5) is 5.82 Å². The van der Waals surface area contributed by atoms with Crippen molar-refractivity contribution in [1.29, 1.82) is 0 Å². The molecular formula is C17H25N5O3. The summed E-state index contributed by atoms with van der Waals surface area (Å²) < 4.78 is 12.5. The number of nitrogens with zero attached hydrogens (tertiary/aromatic N) is 5. The molecule has 0 radical (unpaired) electrons. The number of rotatable bonds is 5. The molecule has 1 aliphatic heterocycles. The zero-order valence-electron chi connectivity index (χ0n) is 15.3. The molecule has 1 saturated heterocycles. The molecule has 1 unspecified atom stereocenters. The van der Waals surface area contributed by atoms with E-state index in [1.54, 1.807) is 0 Å². The van der Waals surface area contributed by atoms with Gasteiger partial charge in [0.15, 0.2) is 17.0 Å². The lowest BCUT2D eigenvalue weighted by molar-refractivity contribution is -0.145. The molecule has 136 valence electrons. The van der Waals surface area contributed by atoms with Crippen LogP contribution in [0.2, 0.25) is 0 Å². The molecule has 0 saturated carbocycles. The molecule has 2 aromatic rings. The average Bonchev–Trinajstić information content (AvgIpc) is 2.93. The van der Waals surface area contributed by atoms with Crippen molar-refractivity contribution in [2.75, 3.05) is 37.8 Å². The third-order valence-electron chi connectivity index (χ3n) is 4.45. The van der Waals surface area contributed by atoms with Crippen molar-refractivity contribution in [3.05, 3.63) is 11.6 Å². The molecule has 0 aliphatic carbocycles. The van der Waals surface area contributed by atoms with Crippen molar-refractivity contribution in [2.24, 2.45) is 7.05 Å². The van der Waals surface area contributed by atoms with Crippen LogP contribution < -0.4 is 4.90 Å². The van der Waals surface area contributed by atoms with Crippen LogP contribution in [0, 0.1) is 6.92 Å². The third kappa shape index (κ3) is 3.30. The number of ether oxygens (including phenoxy) is 2. The fraction of sp³-hybridized carbons (Fsp3) is 0.647. The zero-order valence-corrected chi connectivity index (χ0v) is 15.3. The Bertz CT molecular complexity index is 767. The number of carbonyl (C=O) groups is 1. The van der Waals surface area contributed by atoms with Gasteiger partial charge in [-0.2, -0.15) is 0 Å². The van der Waals surface area contributed by atoms with Crippen LogP contribution in [0.1, 0.15) is 37.8 Å². The van der Waals surface area contributed by atoms with Crippen molar-refractivity contribution in [2.45, 2.75) is 33.1 Å². The monoisotopic (exact) mass is 347 g/mol. The maximum atomic E-state index is 12.3. The number of fused-ring (bicyclic) bond motifs is 1. The molecule has 1 aliphatic rings. The van der Waals surface area contributed by atoms with Gasteiger partial charge in [-0.3, -0.25) is 4.79 Å². The number of morpholine rings is 1. The van der Waals surface area contributed by atoms with E-state index in [1.165, 1.54) is 0 Å². The summed E-state index contributed by atoms with van der Waals surface area (Å²) in [7, 11) is 1.89. The second-order valence-electron chi connectivity index (χ2n) is 6.11. The summed E-state index contributed by atoms with van der Waals surface area (Å²) in [5.41, 5.74) is 1.47. The number of hydrogen-bond donors (Lipinski definition) is 0. The average molecular weight is 347 g/mol. The van der Waals surface area contributed by atoms with E-state index in [0.29, 0.717) is 37.9 Å². The van der Waals surface area contributed by atoms with Gasteiger partial charge >= 0.3 is 5.97 Å². The predicted molar refractivity (Wildman–Crippen MR) is 93.7 cm³/mol. The summed E-state index contributed by atoms with van der Waals surface area (Å²) in [6, 6.07) is 0. The van der Waals surface area contributed by atoms with E-state index in [0.717, 1.165) is 30.1 Å². The molecule has 0 bridgehead atoms. The SMILES string of the molecule is CCOC(=O)C(CC)c1nc2c(N3CCOCC3)nc(C)nc2n1C. The quantitative estimate of drug-likeness (QED) is 0.759. The van der Waals surface area contributed by atoms with Crippen LogP contribution in [0.3, 0.4) is 0 Å². The molecule has 8 nitrogen and oxygen atoms in total. The van der Waals surface area contributed by atoms with Crippen LogP contribution in [-0.4, -0.2) is 58.4 Å². The maximum Gasteiger partial charge on any atom is 0.316 e. The second-order valence-corrected chi connectivity index (χ2v) is 6.11. The van der Waals surface area contributed by atoms with Crippen molar-refractivity contribution in [3.8, 4) is 0 Å². The first-order chi connectivity index (χ1) is 12.1. The highest BCUT2D eigenvalue weighted by atomic mass is 16.5. The van der Waals surface area contributed by atoms with Gasteiger partial charge in [-0.25, -0.2) is 15.0 Å². The van der Waals surface area contributed by atoms with E-state index in [-0.39, 0.29) is 5.97 Å². The van der Waals surface area contributed by atoms with Gasteiger partial charge in [0.05, 0.1) is 19.8 Å². The minimum atomic E-state index is -0.406. The largest absolute Gasteiger partial charge is 0.465 e. The lowest BCUT2D eigenvalue weighted by atomic mass is 10.1. The van der Waals surface area contributed by atoms with Gasteiger partial charge in [0.2, 0.25) is 0 Å². The van der Waals surface area contributed by atoms with Crippen LogP contribution in [0.15, 0.2) is 0 Å². The Hall–Kier alpha value is -2.22. The third-order valence-corrected chi connectivity index (χ3v) is 4.45. The van der Waals surface area contributed by atoms with E-state index in [2.05, 4.69) is 14.9 Å². The van der Waals surface area contributed by atoms with Crippen molar-refractivity contribution < 1.29 is 14.3 Å². The number of carbonyl (C=O) groups excluding carboxylic acids is 1. The number of anilines is 1. The fourth-order valence-corrected chi connectivity index (χ4v) is 3.17. The molecule has 2 aromatic heterocycles. The Kier molecular flexibility index (Phi) is 5.17. The first-order valence-electron chi connectivity index (χ1n) is 8.77. The molecule has 25 heavy (non-hydrogen) atoms. The van der Waals surface area contributed by atoms with Crippen LogP contribution in [0.5, 0.6) is 0 Å². The summed E-state index contributed by atoms with van der Waals surface area (Å²) in [6.45, 7) is 8.88. The normalized spacial score (nSPS) is 16.2. The number of imidazole rings is 1. The van der Waals surface area contributed by atoms with Gasteiger partial charge in [0.1, 0.15) is 17.6 Å². The highest BCUT2D eigenvalue weighted by molar-refractivity contribution is 5.86. The van der Waals surface area contributed by atoms with Crippen molar-refractivity contribution in [1.82, 2.24) is 19.5 Å². The van der Waals surface area contributed by atoms with Gasteiger partial charge in [0, 0.05) is 20.1 Å². The highest BCUT2D eigenvalue weighted by Gasteiger charge is 2.28. The Balaban J connectivity index is 2.10. The fourth-order valence-electron chi connectivity index (χ4n) is 3.17. The van der Waals surface area contributed by atoms with Gasteiger partial charge in [-0.1, -0.05) is 6.92 Å². The van der Waals surface area contributed by atoms with Gasteiger partial charge in [-0.15, -0.1) is 0 Å². The Morgan fingerprint density at radius 3 is 2.60 bits per heavy atom. The number of aromatic nitrogens is 4. The van der Waals surface area contributed by atoms with Crippen molar-refractivity contribution >= 4 is 23.0 Å². The van der Waals surface area contributed by atoms with Gasteiger partial charge < -0.3 is 18.9 Å². The van der Waals surface area contributed by atoms with E-state index < -0.39 is 5.92 Å². The van der Waals surface area contributed by atoms with E-state index in [1.807, 2.05) is 32.4 Å². The molecule has 3 rings (SSSR count). The molecule has 0 amide bonds. The zero-order chi connectivity index (χ0) is 18.0. The Morgan fingerprint density at radius 1 is 1.24 bits per heavy atom. The van der Waals surface area contributed by atoms with E-state index in [4.69, 9.17) is 14.5 Å². The number of hydrogen-bond acceptors (Lipinski definition) is 7.